The molecule has 1 amide bonds. The highest BCUT2D eigenvalue weighted by Crippen LogP contribution is 2.26. The van der Waals surface area contributed by atoms with E-state index in [1.807, 2.05) is 6.92 Å². The molecule has 1 aliphatic rings. The van der Waals surface area contributed by atoms with Crippen molar-refractivity contribution in [1.29, 1.82) is 0 Å². The van der Waals surface area contributed by atoms with Gasteiger partial charge in [-0.2, -0.15) is 13.2 Å². The number of carbonyl (C=O) groups excluding carboxylic acids is 1. The van der Waals surface area contributed by atoms with Gasteiger partial charge in [-0.1, -0.05) is 0 Å². The minimum absolute atomic E-state index is 0.0366. The normalized spacial score (nSPS) is 20.6. The summed E-state index contributed by atoms with van der Waals surface area (Å²) in [6.07, 6.45) is -6.28. The number of rotatable bonds is 2. The summed E-state index contributed by atoms with van der Waals surface area (Å²) in [5, 5.41) is 2.58. The van der Waals surface area contributed by atoms with Crippen LogP contribution in [-0.4, -0.2) is 47.8 Å². The van der Waals surface area contributed by atoms with Crippen molar-refractivity contribution in [3.8, 4) is 0 Å². The molecular formula is C11H13F3N2O2S. The van der Waals surface area contributed by atoms with Crippen LogP contribution in [0.25, 0.3) is 0 Å². The summed E-state index contributed by atoms with van der Waals surface area (Å²) in [6, 6.07) is 0. The zero-order valence-corrected chi connectivity index (χ0v) is 11.1. The lowest BCUT2D eigenvalue weighted by molar-refractivity contribution is -0.236. The molecule has 19 heavy (non-hydrogen) atoms. The molecule has 1 aromatic heterocycles. The monoisotopic (exact) mass is 294 g/mol. The first-order valence-corrected chi connectivity index (χ1v) is 6.61. The first-order valence-electron chi connectivity index (χ1n) is 5.73. The molecular weight excluding hydrogens is 281 g/mol. The number of aromatic nitrogens is 1. The van der Waals surface area contributed by atoms with Crippen molar-refractivity contribution in [2.45, 2.75) is 25.6 Å². The second-order valence-corrected chi connectivity index (χ2v) is 5.34. The van der Waals surface area contributed by atoms with Gasteiger partial charge in [-0.3, -0.25) is 4.79 Å². The van der Waals surface area contributed by atoms with Gasteiger partial charge in [0.05, 0.1) is 30.3 Å². The number of alkyl halides is 3. The van der Waals surface area contributed by atoms with Crippen LogP contribution in [0.1, 0.15) is 10.7 Å². The second-order valence-electron chi connectivity index (χ2n) is 4.28. The Morgan fingerprint density at radius 2 is 2.37 bits per heavy atom. The topological polar surface area (TPSA) is 42.4 Å². The van der Waals surface area contributed by atoms with Crippen molar-refractivity contribution in [3.05, 3.63) is 16.1 Å². The Bertz CT molecular complexity index is 461. The van der Waals surface area contributed by atoms with Crippen LogP contribution in [0.4, 0.5) is 13.2 Å². The van der Waals surface area contributed by atoms with Crippen molar-refractivity contribution in [1.82, 2.24) is 9.88 Å². The molecule has 4 nitrogen and oxygen atoms in total. The number of thiazole rings is 1. The largest absolute Gasteiger partial charge is 0.416 e. The highest BCUT2D eigenvalue weighted by molar-refractivity contribution is 7.09. The zero-order chi connectivity index (χ0) is 14.0. The Balaban J connectivity index is 1.95. The van der Waals surface area contributed by atoms with Gasteiger partial charge in [0, 0.05) is 11.9 Å². The van der Waals surface area contributed by atoms with E-state index in [4.69, 9.17) is 0 Å². The number of ether oxygens (including phenoxy) is 1. The first kappa shape index (κ1) is 14.3. The molecule has 8 heteroatoms. The third-order valence-electron chi connectivity index (χ3n) is 2.78. The Hall–Kier alpha value is -1.15. The molecule has 0 unspecified atom stereocenters. The summed E-state index contributed by atoms with van der Waals surface area (Å²) in [6.45, 7) is 1.47. The summed E-state index contributed by atoms with van der Waals surface area (Å²) < 4.78 is 42.2. The van der Waals surface area contributed by atoms with Gasteiger partial charge >= 0.3 is 6.18 Å². The van der Waals surface area contributed by atoms with Crippen LogP contribution in [0.5, 0.6) is 0 Å². The number of amides is 1. The highest BCUT2D eigenvalue weighted by Gasteiger charge is 2.44. The van der Waals surface area contributed by atoms with Gasteiger partial charge in [0.25, 0.3) is 0 Å². The van der Waals surface area contributed by atoms with Crippen LogP contribution < -0.4 is 0 Å². The Labute approximate surface area is 112 Å². The van der Waals surface area contributed by atoms with Crippen LogP contribution in [0, 0.1) is 6.92 Å². The van der Waals surface area contributed by atoms with E-state index < -0.39 is 18.8 Å². The lowest BCUT2D eigenvalue weighted by Gasteiger charge is -2.33. The maximum absolute atomic E-state index is 12.5. The van der Waals surface area contributed by atoms with Gasteiger partial charge in [0.1, 0.15) is 0 Å². The number of hydrogen-bond acceptors (Lipinski definition) is 4. The van der Waals surface area contributed by atoms with Gasteiger partial charge in [-0.25, -0.2) is 4.98 Å². The standard InChI is InChI=1S/C11H13F3N2O2S/c1-7-15-8(6-19-7)4-10(17)16-2-3-18-9(5-16)11(12,13)14/h6,9H,2-5H2,1H3/t9-/m0/s1. The predicted octanol–water partition coefficient (Wildman–Crippen LogP) is 1.78. The molecule has 2 rings (SSSR count). The molecule has 1 aromatic rings. The molecule has 0 aromatic carbocycles. The summed E-state index contributed by atoms with van der Waals surface area (Å²) >= 11 is 1.41. The van der Waals surface area contributed by atoms with Crippen molar-refractivity contribution in [2.75, 3.05) is 19.7 Å². The third kappa shape index (κ3) is 3.66. The molecule has 1 atom stereocenters. The third-order valence-corrected chi connectivity index (χ3v) is 3.61. The van der Waals surface area contributed by atoms with Crippen LogP contribution in [0.15, 0.2) is 5.38 Å². The van der Waals surface area contributed by atoms with Gasteiger partial charge in [0.2, 0.25) is 5.91 Å². The van der Waals surface area contributed by atoms with E-state index in [0.717, 1.165) is 5.01 Å². The van der Waals surface area contributed by atoms with Gasteiger partial charge in [-0.05, 0) is 6.92 Å². The molecule has 0 radical (unpaired) electrons. The fourth-order valence-electron chi connectivity index (χ4n) is 1.83. The average Bonchev–Trinajstić information content (AvgIpc) is 2.74. The fraction of sp³-hybridized carbons (Fsp3) is 0.636. The number of carbonyl (C=O) groups is 1. The first-order chi connectivity index (χ1) is 8.86. The number of aryl methyl sites for hydroxylation is 1. The smallest absolute Gasteiger partial charge is 0.365 e. The van der Waals surface area contributed by atoms with Crippen LogP contribution >= 0.6 is 11.3 Å². The summed E-state index contributed by atoms with van der Waals surface area (Å²) in [4.78, 5) is 17.2. The van der Waals surface area contributed by atoms with Crippen molar-refractivity contribution >= 4 is 17.2 Å². The van der Waals surface area contributed by atoms with E-state index >= 15 is 0 Å². The zero-order valence-electron chi connectivity index (χ0n) is 10.2. The summed E-state index contributed by atoms with van der Waals surface area (Å²) in [5.74, 6) is -0.345. The van der Waals surface area contributed by atoms with Crippen molar-refractivity contribution < 1.29 is 22.7 Å². The van der Waals surface area contributed by atoms with Gasteiger partial charge in [0.15, 0.2) is 6.10 Å². The van der Waals surface area contributed by atoms with Crippen molar-refractivity contribution in [3.63, 3.8) is 0 Å². The number of hydrogen-bond donors (Lipinski definition) is 0. The van der Waals surface area contributed by atoms with E-state index in [0.29, 0.717) is 5.69 Å². The van der Waals surface area contributed by atoms with Gasteiger partial charge < -0.3 is 9.64 Å². The molecule has 0 saturated carbocycles. The summed E-state index contributed by atoms with van der Waals surface area (Å²) in [5.41, 5.74) is 0.600. The number of morpholine rings is 1. The Morgan fingerprint density at radius 3 is 2.95 bits per heavy atom. The van der Waals surface area contributed by atoms with Crippen molar-refractivity contribution in [2.24, 2.45) is 0 Å². The Morgan fingerprint density at radius 1 is 1.63 bits per heavy atom. The van der Waals surface area contributed by atoms with E-state index in [2.05, 4.69) is 9.72 Å². The summed E-state index contributed by atoms with van der Waals surface area (Å²) in [7, 11) is 0. The Kier molecular flexibility index (Phi) is 4.10. The van der Waals surface area contributed by atoms with Crippen LogP contribution in [0.2, 0.25) is 0 Å². The second kappa shape index (κ2) is 5.46. The van der Waals surface area contributed by atoms with Crippen LogP contribution in [-0.2, 0) is 16.0 Å². The molecule has 0 N–H and O–H groups in total. The highest BCUT2D eigenvalue weighted by atomic mass is 32.1. The molecule has 0 bridgehead atoms. The van der Waals surface area contributed by atoms with Crippen LogP contribution in [0.3, 0.4) is 0 Å². The molecule has 0 spiro atoms. The maximum atomic E-state index is 12.5. The van der Waals surface area contributed by atoms with E-state index in [1.165, 1.54) is 16.2 Å². The van der Waals surface area contributed by atoms with E-state index in [1.54, 1.807) is 5.38 Å². The SMILES string of the molecule is Cc1nc(CC(=O)N2CCO[C@H](C(F)(F)F)C2)cs1. The molecule has 2 heterocycles. The molecule has 1 aliphatic heterocycles. The lowest BCUT2D eigenvalue weighted by atomic mass is 10.2. The fourth-order valence-corrected chi connectivity index (χ4v) is 2.44. The minimum atomic E-state index is -4.43. The number of halogens is 3. The predicted molar refractivity (Wildman–Crippen MR) is 62.9 cm³/mol. The molecule has 0 aliphatic carbocycles. The quantitative estimate of drug-likeness (QED) is 0.835. The van der Waals surface area contributed by atoms with E-state index in [9.17, 15) is 18.0 Å². The molecule has 1 saturated heterocycles. The minimum Gasteiger partial charge on any atom is -0.365 e. The molecule has 106 valence electrons. The maximum Gasteiger partial charge on any atom is 0.416 e. The number of nitrogens with zero attached hydrogens (tertiary/aromatic N) is 2. The van der Waals surface area contributed by atoms with E-state index in [-0.39, 0.29) is 25.5 Å². The van der Waals surface area contributed by atoms with Gasteiger partial charge in [-0.15, -0.1) is 11.3 Å². The lowest BCUT2D eigenvalue weighted by Crippen LogP contribution is -2.51. The molecule has 1 fully saturated rings. The average molecular weight is 294 g/mol.